The summed E-state index contributed by atoms with van der Waals surface area (Å²) in [5.41, 5.74) is 1.04. The number of para-hydroxylation sites is 1. The number of benzene rings is 2. The van der Waals surface area contributed by atoms with Crippen molar-refractivity contribution in [1.82, 2.24) is 4.31 Å². The molecule has 0 spiro atoms. The Labute approximate surface area is 181 Å². The lowest BCUT2D eigenvalue weighted by molar-refractivity contribution is -0.141. The van der Waals surface area contributed by atoms with Crippen LogP contribution in [0.4, 0.5) is 5.69 Å². The van der Waals surface area contributed by atoms with Gasteiger partial charge >= 0.3 is 5.97 Å². The number of sulfonamides is 1. The number of fused-ring (bicyclic) bond motifs is 1. The van der Waals surface area contributed by atoms with Crippen LogP contribution in [0.1, 0.15) is 19.4 Å². The smallest absolute Gasteiger partial charge is 0.323 e. The van der Waals surface area contributed by atoms with E-state index in [0.29, 0.717) is 17.0 Å². The summed E-state index contributed by atoms with van der Waals surface area (Å²) in [4.78, 5) is 25.5. The van der Waals surface area contributed by atoms with Gasteiger partial charge in [0.2, 0.25) is 15.9 Å². The van der Waals surface area contributed by atoms with Crippen molar-refractivity contribution in [3.63, 3.8) is 0 Å². The van der Waals surface area contributed by atoms with Crippen LogP contribution in [0.25, 0.3) is 0 Å². The summed E-state index contributed by atoms with van der Waals surface area (Å²) in [7, 11) is -4.18. The number of ether oxygens (including phenoxy) is 1. The van der Waals surface area contributed by atoms with Crippen LogP contribution in [-0.2, 0) is 26.2 Å². The lowest BCUT2D eigenvalue weighted by Crippen LogP contribution is -2.49. The van der Waals surface area contributed by atoms with Gasteiger partial charge in [0.05, 0.1) is 11.4 Å². The van der Waals surface area contributed by atoms with E-state index in [9.17, 15) is 23.1 Å². The van der Waals surface area contributed by atoms with Crippen molar-refractivity contribution >= 4 is 27.6 Å². The largest absolute Gasteiger partial charge is 0.481 e. The second-order valence-corrected chi connectivity index (χ2v) is 8.74. The van der Waals surface area contributed by atoms with Gasteiger partial charge < -0.3 is 14.7 Å². The minimum atomic E-state index is -4.18. The number of carboxylic acids is 1. The fourth-order valence-electron chi connectivity index (χ4n) is 3.34. The molecule has 9 heteroatoms. The number of nitrogens with zero attached hydrogens (tertiary/aromatic N) is 2. The van der Waals surface area contributed by atoms with Crippen LogP contribution in [-0.4, -0.2) is 48.9 Å². The first-order valence-electron chi connectivity index (χ1n) is 9.49. The van der Waals surface area contributed by atoms with Crippen molar-refractivity contribution in [2.75, 3.05) is 18.1 Å². The highest BCUT2D eigenvalue weighted by Crippen LogP contribution is 2.31. The minimum absolute atomic E-state index is 0.0681. The molecule has 0 bridgehead atoms. The molecule has 0 saturated heterocycles. The summed E-state index contributed by atoms with van der Waals surface area (Å²) in [5.74, 6) is 4.19. The molecule has 0 aromatic heterocycles. The number of carboxylic acid groups (broad SMARTS) is 1. The number of hydrogen-bond acceptors (Lipinski definition) is 5. The van der Waals surface area contributed by atoms with Gasteiger partial charge in [-0.3, -0.25) is 9.59 Å². The van der Waals surface area contributed by atoms with E-state index in [1.54, 1.807) is 31.2 Å². The highest BCUT2D eigenvalue weighted by molar-refractivity contribution is 7.89. The summed E-state index contributed by atoms with van der Waals surface area (Å²) < 4.78 is 33.1. The van der Waals surface area contributed by atoms with Crippen LogP contribution in [0, 0.1) is 11.8 Å². The van der Waals surface area contributed by atoms with Gasteiger partial charge in [-0.15, -0.1) is 5.92 Å². The number of carbonyl (C=O) groups excluding carboxylic acids is 1. The zero-order chi connectivity index (χ0) is 22.6. The molecule has 1 amide bonds. The van der Waals surface area contributed by atoms with Gasteiger partial charge in [-0.1, -0.05) is 24.1 Å². The predicted molar refractivity (Wildman–Crippen MR) is 114 cm³/mol. The molecule has 0 saturated carbocycles. The molecule has 1 aliphatic rings. The average molecular weight is 442 g/mol. The monoisotopic (exact) mass is 442 g/mol. The van der Waals surface area contributed by atoms with E-state index < -0.39 is 22.0 Å². The third kappa shape index (κ3) is 4.71. The molecule has 0 radical (unpaired) electrons. The predicted octanol–water partition coefficient (Wildman–Crippen LogP) is 2.10. The van der Waals surface area contributed by atoms with Gasteiger partial charge in [-0.2, -0.15) is 4.31 Å². The normalized spacial score (nSPS) is 16.5. The van der Waals surface area contributed by atoms with Crippen molar-refractivity contribution in [1.29, 1.82) is 0 Å². The summed E-state index contributed by atoms with van der Waals surface area (Å²) in [5, 5.41) is 9.81. The van der Waals surface area contributed by atoms with Gasteiger partial charge in [-0.25, -0.2) is 8.42 Å². The Balaban J connectivity index is 2.01. The Morgan fingerprint density at radius 1 is 1.16 bits per heavy atom. The Morgan fingerprint density at radius 2 is 1.84 bits per heavy atom. The number of amides is 1. The van der Waals surface area contributed by atoms with Crippen LogP contribution < -0.4 is 9.64 Å². The molecule has 2 aromatic rings. The number of carbonyl (C=O) groups is 2. The quantitative estimate of drug-likeness (QED) is 0.711. The van der Waals surface area contributed by atoms with Crippen LogP contribution in [0.3, 0.4) is 0 Å². The molecule has 162 valence electrons. The van der Waals surface area contributed by atoms with Crippen molar-refractivity contribution in [2.45, 2.75) is 31.3 Å². The first-order valence-corrected chi connectivity index (χ1v) is 10.9. The maximum absolute atomic E-state index is 13.4. The van der Waals surface area contributed by atoms with E-state index in [1.807, 2.05) is 0 Å². The Hall–Kier alpha value is -3.35. The Morgan fingerprint density at radius 3 is 2.45 bits per heavy atom. The number of hydrogen-bond donors (Lipinski definition) is 1. The fourth-order valence-corrected chi connectivity index (χ4v) is 4.89. The van der Waals surface area contributed by atoms with Gasteiger partial charge in [0.1, 0.15) is 18.4 Å². The number of aliphatic carboxylic acids is 1. The van der Waals surface area contributed by atoms with E-state index in [0.717, 1.165) is 4.31 Å². The van der Waals surface area contributed by atoms with Gasteiger partial charge in [-0.05, 0) is 42.8 Å². The van der Waals surface area contributed by atoms with Gasteiger partial charge in [0, 0.05) is 19.2 Å². The van der Waals surface area contributed by atoms with Crippen molar-refractivity contribution in [3.05, 3.63) is 54.1 Å². The molecule has 31 heavy (non-hydrogen) atoms. The van der Waals surface area contributed by atoms with E-state index in [2.05, 4.69) is 11.8 Å². The molecule has 1 unspecified atom stereocenters. The van der Waals surface area contributed by atoms with Gasteiger partial charge in [0.15, 0.2) is 0 Å². The third-order valence-corrected chi connectivity index (χ3v) is 6.76. The Bertz CT molecular complexity index is 1150. The first kappa shape index (κ1) is 22.3. The SMILES string of the molecule is CC#CCOc1ccc(S(=O)(=O)N2Cc3ccccc3N(C(C)=O)CC2C(=O)O)cc1. The molecule has 8 nitrogen and oxygen atoms in total. The second-order valence-electron chi connectivity index (χ2n) is 6.85. The molecule has 2 aromatic carbocycles. The summed E-state index contributed by atoms with van der Waals surface area (Å²) in [6, 6.07) is 11.1. The van der Waals surface area contributed by atoms with Crippen LogP contribution in [0.5, 0.6) is 5.75 Å². The zero-order valence-corrected chi connectivity index (χ0v) is 17.9. The van der Waals surface area contributed by atoms with Crippen molar-refractivity contribution < 1.29 is 27.9 Å². The van der Waals surface area contributed by atoms with E-state index in [-0.39, 0.29) is 30.5 Å². The molecule has 0 fully saturated rings. The van der Waals surface area contributed by atoms with E-state index >= 15 is 0 Å². The molecule has 1 aliphatic heterocycles. The lowest BCUT2D eigenvalue weighted by atomic mass is 10.1. The fraction of sp³-hybridized carbons (Fsp3) is 0.273. The zero-order valence-electron chi connectivity index (χ0n) is 17.1. The molecule has 0 aliphatic carbocycles. The maximum atomic E-state index is 13.4. The van der Waals surface area contributed by atoms with Crippen molar-refractivity contribution in [2.24, 2.45) is 0 Å². The third-order valence-electron chi connectivity index (χ3n) is 4.90. The minimum Gasteiger partial charge on any atom is -0.481 e. The highest BCUT2D eigenvalue weighted by atomic mass is 32.2. The number of anilines is 1. The van der Waals surface area contributed by atoms with Crippen molar-refractivity contribution in [3.8, 4) is 17.6 Å². The van der Waals surface area contributed by atoms with Crippen LogP contribution in [0.15, 0.2) is 53.4 Å². The molecular weight excluding hydrogens is 420 g/mol. The van der Waals surface area contributed by atoms with E-state index in [1.165, 1.54) is 36.1 Å². The van der Waals surface area contributed by atoms with Crippen LogP contribution in [0.2, 0.25) is 0 Å². The molecule has 1 heterocycles. The average Bonchev–Trinajstić information content (AvgIpc) is 2.92. The summed E-state index contributed by atoms with van der Waals surface area (Å²) in [6.45, 7) is 2.71. The second kappa shape index (κ2) is 9.20. The molecule has 1 N–H and O–H groups in total. The number of rotatable bonds is 5. The molecule has 3 rings (SSSR count). The highest BCUT2D eigenvalue weighted by Gasteiger charge is 2.41. The summed E-state index contributed by atoms with van der Waals surface area (Å²) >= 11 is 0. The molecular formula is C22H22N2O6S. The Kier molecular flexibility index (Phi) is 6.63. The molecule has 1 atom stereocenters. The topological polar surface area (TPSA) is 104 Å². The van der Waals surface area contributed by atoms with E-state index in [4.69, 9.17) is 4.74 Å². The standard InChI is InChI=1S/C22H22N2O6S/c1-3-4-13-30-18-9-11-19(12-10-18)31(28,29)24-14-17-7-5-6-8-20(17)23(16(2)25)15-21(24)22(26)27/h5-12,21H,13-15H2,1-2H3,(H,26,27). The van der Waals surface area contributed by atoms with Crippen LogP contribution >= 0.6 is 0 Å². The summed E-state index contributed by atoms with van der Waals surface area (Å²) in [6.07, 6.45) is 0. The lowest BCUT2D eigenvalue weighted by Gasteiger charge is -2.28. The van der Waals surface area contributed by atoms with Gasteiger partial charge in [0.25, 0.3) is 0 Å². The maximum Gasteiger partial charge on any atom is 0.323 e. The first-order chi connectivity index (χ1) is 14.8.